The second-order valence-corrected chi connectivity index (χ2v) is 8.92. The lowest BCUT2D eigenvalue weighted by molar-refractivity contribution is -0.111. The Morgan fingerprint density at radius 2 is 1.54 bits per heavy atom. The van der Waals surface area contributed by atoms with Gasteiger partial charge in [0, 0.05) is 53.7 Å². The Labute approximate surface area is 214 Å². The summed E-state index contributed by atoms with van der Waals surface area (Å²) in [5, 5.41) is 4.02. The van der Waals surface area contributed by atoms with E-state index in [-0.39, 0.29) is 11.8 Å². The zero-order valence-electron chi connectivity index (χ0n) is 19.2. The van der Waals surface area contributed by atoms with E-state index in [9.17, 15) is 9.59 Å². The molecule has 1 heterocycles. The van der Waals surface area contributed by atoms with Gasteiger partial charge in [-0.25, -0.2) is 0 Å². The molecule has 4 rings (SSSR count). The molecule has 0 radical (unpaired) electrons. The van der Waals surface area contributed by atoms with Crippen LogP contribution in [0.1, 0.15) is 15.9 Å². The third kappa shape index (κ3) is 6.35. The highest BCUT2D eigenvalue weighted by atomic mass is 35.5. The average molecular weight is 510 g/mol. The zero-order valence-corrected chi connectivity index (χ0v) is 20.7. The lowest BCUT2D eigenvalue weighted by Gasteiger charge is -2.36. The first kappa shape index (κ1) is 24.6. The summed E-state index contributed by atoms with van der Waals surface area (Å²) >= 11 is 12.0. The van der Waals surface area contributed by atoms with E-state index in [1.807, 2.05) is 41.3 Å². The summed E-state index contributed by atoms with van der Waals surface area (Å²) in [4.78, 5) is 29.3. The summed E-state index contributed by atoms with van der Waals surface area (Å²) in [7, 11) is 1.54. The van der Waals surface area contributed by atoms with Gasteiger partial charge in [0.15, 0.2) is 0 Å². The number of hydrogen-bond donors (Lipinski definition) is 1. The van der Waals surface area contributed by atoms with Gasteiger partial charge in [0.25, 0.3) is 5.91 Å². The van der Waals surface area contributed by atoms with Crippen molar-refractivity contribution in [3.05, 3.63) is 94.0 Å². The number of carbonyl (C=O) groups excluding carboxylic acids is 2. The quantitative estimate of drug-likeness (QED) is 0.438. The summed E-state index contributed by atoms with van der Waals surface area (Å²) in [6.07, 6.45) is 3.22. The Balaban J connectivity index is 1.31. The molecule has 3 aromatic carbocycles. The molecule has 180 valence electrons. The standard InChI is InChI=1S/C27H25Cl2N3O3/c1-35-25-12-7-21(29)18-24(25)27(34)32-16-14-31(15-17-32)23-10-8-22(9-11-23)30-26(33)13-4-19-2-5-20(28)6-3-19/h2-13,18H,14-17H2,1H3,(H,30,33)/b13-4+. The van der Waals surface area contributed by atoms with Crippen LogP contribution in [-0.2, 0) is 4.79 Å². The normalized spacial score (nSPS) is 13.7. The van der Waals surface area contributed by atoms with E-state index in [1.54, 1.807) is 43.5 Å². The van der Waals surface area contributed by atoms with Gasteiger partial charge in [0.1, 0.15) is 5.75 Å². The van der Waals surface area contributed by atoms with E-state index in [1.165, 1.54) is 6.08 Å². The molecule has 6 nitrogen and oxygen atoms in total. The van der Waals surface area contributed by atoms with Crippen molar-refractivity contribution in [2.75, 3.05) is 43.5 Å². The lowest BCUT2D eigenvalue weighted by atomic mass is 10.1. The van der Waals surface area contributed by atoms with Crippen molar-refractivity contribution < 1.29 is 14.3 Å². The highest BCUT2D eigenvalue weighted by Crippen LogP contribution is 2.26. The number of nitrogens with one attached hydrogen (secondary N) is 1. The number of nitrogens with zero attached hydrogens (tertiary/aromatic N) is 2. The van der Waals surface area contributed by atoms with E-state index in [4.69, 9.17) is 27.9 Å². The molecule has 1 saturated heterocycles. The van der Waals surface area contributed by atoms with Gasteiger partial charge in [-0.2, -0.15) is 0 Å². The van der Waals surface area contributed by atoms with Gasteiger partial charge < -0.3 is 19.9 Å². The fourth-order valence-corrected chi connectivity index (χ4v) is 4.17. The Bertz CT molecular complexity index is 1220. The zero-order chi connectivity index (χ0) is 24.8. The topological polar surface area (TPSA) is 61.9 Å². The van der Waals surface area contributed by atoms with Gasteiger partial charge in [-0.05, 0) is 66.2 Å². The maximum atomic E-state index is 13.0. The second kappa shape index (κ2) is 11.3. The molecule has 0 atom stereocenters. The van der Waals surface area contributed by atoms with Gasteiger partial charge in [0.2, 0.25) is 5.91 Å². The number of halogens is 2. The average Bonchev–Trinajstić information content (AvgIpc) is 2.88. The van der Waals surface area contributed by atoms with Crippen LogP contribution in [-0.4, -0.2) is 50.0 Å². The molecule has 0 aromatic heterocycles. The predicted molar refractivity (Wildman–Crippen MR) is 142 cm³/mol. The minimum atomic E-state index is -0.212. The van der Waals surface area contributed by atoms with Gasteiger partial charge in [-0.1, -0.05) is 35.3 Å². The maximum absolute atomic E-state index is 13.0. The number of anilines is 2. The van der Waals surface area contributed by atoms with E-state index in [2.05, 4.69) is 10.2 Å². The largest absolute Gasteiger partial charge is 0.496 e. The van der Waals surface area contributed by atoms with Crippen LogP contribution in [0, 0.1) is 0 Å². The number of amides is 2. The van der Waals surface area contributed by atoms with Crippen molar-refractivity contribution in [2.45, 2.75) is 0 Å². The van der Waals surface area contributed by atoms with E-state index >= 15 is 0 Å². The molecule has 35 heavy (non-hydrogen) atoms. The third-order valence-electron chi connectivity index (χ3n) is 5.76. The molecule has 0 saturated carbocycles. The number of piperazine rings is 1. The van der Waals surface area contributed by atoms with Gasteiger partial charge in [-0.3, -0.25) is 9.59 Å². The molecule has 0 unspecified atom stereocenters. The Morgan fingerprint density at radius 1 is 0.886 bits per heavy atom. The van der Waals surface area contributed by atoms with E-state index < -0.39 is 0 Å². The minimum absolute atomic E-state index is 0.0892. The molecule has 0 spiro atoms. The summed E-state index contributed by atoms with van der Waals surface area (Å²) in [5.74, 6) is 0.215. The first-order chi connectivity index (χ1) is 16.9. The summed E-state index contributed by atoms with van der Waals surface area (Å²) < 4.78 is 5.33. The van der Waals surface area contributed by atoms with E-state index in [0.29, 0.717) is 53.2 Å². The van der Waals surface area contributed by atoms with Crippen molar-refractivity contribution in [2.24, 2.45) is 0 Å². The minimum Gasteiger partial charge on any atom is -0.496 e. The molecule has 1 N–H and O–H groups in total. The molecule has 1 aliphatic heterocycles. The van der Waals surface area contributed by atoms with Crippen LogP contribution in [0.4, 0.5) is 11.4 Å². The molecule has 1 aliphatic rings. The highest BCUT2D eigenvalue weighted by Gasteiger charge is 2.24. The first-order valence-electron chi connectivity index (χ1n) is 11.2. The maximum Gasteiger partial charge on any atom is 0.257 e. The van der Waals surface area contributed by atoms with Crippen LogP contribution in [0.2, 0.25) is 10.0 Å². The molecule has 3 aromatic rings. The van der Waals surface area contributed by atoms with Crippen molar-refractivity contribution in [3.8, 4) is 5.75 Å². The highest BCUT2D eigenvalue weighted by molar-refractivity contribution is 6.31. The van der Waals surface area contributed by atoms with Crippen molar-refractivity contribution in [3.63, 3.8) is 0 Å². The monoisotopic (exact) mass is 509 g/mol. The summed E-state index contributed by atoms with van der Waals surface area (Å²) in [6.45, 7) is 2.57. The SMILES string of the molecule is COc1ccc(Cl)cc1C(=O)N1CCN(c2ccc(NC(=O)/C=C/c3ccc(Cl)cc3)cc2)CC1. The fourth-order valence-electron chi connectivity index (χ4n) is 3.87. The molecule has 2 amide bonds. The Hall–Kier alpha value is -3.48. The van der Waals surface area contributed by atoms with Crippen LogP contribution in [0.15, 0.2) is 72.8 Å². The Kier molecular flexibility index (Phi) is 7.95. The Morgan fingerprint density at radius 3 is 2.20 bits per heavy atom. The van der Waals surface area contributed by atoms with Gasteiger partial charge >= 0.3 is 0 Å². The lowest BCUT2D eigenvalue weighted by Crippen LogP contribution is -2.48. The molecular formula is C27H25Cl2N3O3. The summed E-state index contributed by atoms with van der Waals surface area (Å²) in [6, 6.07) is 20.0. The number of rotatable bonds is 6. The number of benzene rings is 3. The first-order valence-corrected chi connectivity index (χ1v) is 11.9. The summed E-state index contributed by atoms with van der Waals surface area (Å²) in [5.41, 5.74) is 3.11. The van der Waals surface area contributed by atoms with Crippen molar-refractivity contribution in [1.29, 1.82) is 0 Å². The van der Waals surface area contributed by atoms with Gasteiger partial charge in [0.05, 0.1) is 12.7 Å². The molecule has 0 aliphatic carbocycles. The second-order valence-electron chi connectivity index (χ2n) is 8.04. The number of carbonyl (C=O) groups is 2. The van der Waals surface area contributed by atoms with Crippen molar-refractivity contribution in [1.82, 2.24) is 4.90 Å². The smallest absolute Gasteiger partial charge is 0.257 e. The van der Waals surface area contributed by atoms with Crippen LogP contribution >= 0.6 is 23.2 Å². The molecular weight excluding hydrogens is 485 g/mol. The third-order valence-corrected chi connectivity index (χ3v) is 6.24. The van der Waals surface area contributed by atoms with Crippen LogP contribution in [0.5, 0.6) is 5.75 Å². The van der Waals surface area contributed by atoms with Crippen LogP contribution < -0.4 is 15.0 Å². The molecule has 1 fully saturated rings. The molecule has 0 bridgehead atoms. The molecule has 8 heteroatoms. The van der Waals surface area contributed by atoms with E-state index in [0.717, 1.165) is 11.3 Å². The number of ether oxygens (including phenoxy) is 1. The van der Waals surface area contributed by atoms with Gasteiger partial charge in [-0.15, -0.1) is 0 Å². The number of methoxy groups -OCH3 is 1. The number of hydrogen-bond acceptors (Lipinski definition) is 4. The van der Waals surface area contributed by atoms with Crippen LogP contribution in [0.3, 0.4) is 0 Å². The van der Waals surface area contributed by atoms with Crippen LogP contribution in [0.25, 0.3) is 6.08 Å². The predicted octanol–water partition coefficient (Wildman–Crippen LogP) is 5.62. The van der Waals surface area contributed by atoms with Crippen molar-refractivity contribution >= 4 is 52.5 Å². The fraction of sp³-hybridized carbons (Fsp3) is 0.185.